The Morgan fingerprint density at radius 1 is 1.42 bits per heavy atom. The van der Waals surface area contributed by atoms with Crippen molar-refractivity contribution in [3.8, 4) is 0 Å². The highest BCUT2D eigenvalue weighted by Crippen LogP contribution is 2.37. The molecule has 3 heterocycles. The van der Waals surface area contributed by atoms with Gasteiger partial charge in [-0.2, -0.15) is 5.10 Å². The average Bonchev–Trinajstić information content (AvgIpc) is 3.06. The zero-order valence-electron chi connectivity index (χ0n) is 15.2. The zero-order chi connectivity index (χ0) is 17.4. The molecule has 1 amide bonds. The Bertz CT molecular complexity index is 583. The highest BCUT2D eigenvalue weighted by Gasteiger charge is 2.45. The largest absolute Gasteiger partial charge is 0.378 e. The van der Waals surface area contributed by atoms with Gasteiger partial charge in [0.15, 0.2) is 0 Å². The molecule has 2 aliphatic heterocycles. The molecule has 2 saturated heterocycles. The van der Waals surface area contributed by atoms with E-state index in [2.05, 4.69) is 31.0 Å². The van der Waals surface area contributed by atoms with E-state index in [4.69, 9.17) is 9.47 Å². The molecule has 1 aromatic heterocycles. The van der Waals surface area contributed by atoms with E-state index in [-0.39, 0.29) is 23.0 Å². The van der Waals surface area contributed by atoms with Crippen molar-refractivity contribution in [3.05, 3.63) is 17.5 Å². The van der Waals surface area contributed by atoms with Gasteiger partial charge in [0.25, 0.3) is 5.91 Å². The van der Waals surface area contributed by atoms with E-state index in [9.17, 15) is 4.79 Å². The van der Waals surface area contributed by atoms with Crippen molar-refractivity contribution in [2.24, 2.45) is 0 Å². The van der Waals surface area contributed by atoms with E-state index in [1.165, 1.54) is 0 Å². The number of rotatable bonds is 2. The Kier molecular flexibility index (Phi) is 4.71. The Labute approximate surface area is 143 Å². The molecular weight excluding hydrogens is 306 g/mol. The number of aromatic amines is 1. The monoisotopic (exact) mass is 335 g/mol. The number of carbonyl (C=O) groups excluding carboxylic acids is 1. The first kappa shape index (κ1) is 17.4. The summed E-state index contributed by atoms with van der Waals surface area (Å²) < 4.78 is 11.8. The highest BCUT2D eigenvalue weighted by atomic mass is 16.5. The number of H-pyrrole nitrogens is 1. The van der Waals surface area contributed by atoms with Gasteiger partial charge in [-0.15, -0.1) is 0 Å². The summed E-state index contributed by atoms with van der Waals surface area (Å²) in [5.41, 5.74) is 1.23. The maximum atomic E-state index is 12.7. The molecule has 1 aromatic rings. The number of methoxy groups -OCH3 is 1. The first-order chi connectivity index (χ1) is 11.4. The van der Waals surface area contributed by atoms with Crippen LogP contribution in [0.3, 0.4) is 0 Å². The summed E-state index contributed by atoms with van der Waals surface area (Å²) >= 11 is 0. The van der Waals surface area contributed by atoms with Gasteiger partial charge in [-0.3, -0.25) is 9.89 Å². The van der Waals surface area contributed by atoms with Crippen LogP contribution >= 0.6 is 0 Å². The van der Waals surface area contributed by atoms with Gasteiger partial charge in [0, 0.05) is 37.9 Å². The number of aromatic nitrogens is 2. The van der Waals surface area contributed by atoms with Gasteiger partial charge in [0.1, 0.15) is 5.69 Å². The number of nitrogens with zero attached hydrogens (tertiary/aromatic N) is 2. The quantitative estimate of drug-likeness (QED) is 0.902. The molecule has 0 bridgehead atoms. The third-order valence-electron chi connectivity index (χ3n) is 5.37. The minimum atomic E-state index is -0.216. The molecule has 1 unspecified atom stereocenters. The second-order valence-electron chi connectivity index (χ2n) is 7.99. The molecule has 134 valence electrons. The molecule has 2 aliphatic rings. The minimum Gasteiger partial charge on any atom is -0.378 e. The Balaban J connectivity index is 1.66. The summed E-state index contributed by atoms with van der Waals surface area (Å²) in [5, 5.41) is 7.22. The number of nitrogens with one attached hydrogen (secondary N) is 1. The summed E-state index contributed by atoms with van der Waals surface area (Å²) in [5.74, 6) is 0.00127. The van der Waals surface area contributed by atoms with Crippen LogP contribution in [0.25, 0.3) is 0 Å². The Morgan fingerprint density at radius 2 is 2.12 bits per heavy atom. The molecule has 0 aliphatic carbocycles. The molecule has 6 heteroatoms. The molecular formula is C18H29N3O3. The fourth-order valence-corrected chi connectivity index (χ4v) is 3.76. The van der Waals surface area contributed by atoms with Crippen LogP contribution in [0.1, 0.15) is 62.6 Å². The number of hydrogen-bond donors (Lipinski definition) is 1. The number of hydrogen-bond acceptors (Lipinski definition) is 4. The minimum absolute atomic E-state index is 0.00127. The topological polar surface area (TPSA) is 67.5 Å². The van der Waals surface area contributed by atoms with Crippen LogP contribution in [0.2, 0.25) is 0 Å². The molecule has 2 fully saturated rings. The summed E-state index contributed by atoms with van der Waals surface area (Å²) in [6.45, 7) is 8.48. The lowest BCUT2D eigenvalue weighted by Crippen LogP contribution is -2.56. The molecule has 24 heavy (non-hydrogen) atoms. The molecule has 0 saturated carbocycles. The van der Waals surface area contributed by atoms with E-state index in [1.54, 1.807) is 7.11 Å². The van der Waals surface area contributed by atoms with Crippen LogP contribution in [-0.4, -0.2) is 59.5 Å². The number of piperidine rings is 1. The smallest absolute Gasteiger partial charge is 0.274 e. The van der Waals surface area contributed by atoms with E-state index in [0.29, 0.717) is 18.8 Å². The molecule has 6 nitrogen and oxygen atoms in total. The lowest BCUT2D eigenvalue weighted by Gasteiger charge is -2.47. The van der Waals surface area contributed by atoms with Crippen molar-refractivity contribution < 1.29 is 14.3 Å². The standard InChI is InChI=1S/C18H29N3O3/c1-17(2,3)14-12-13(19-20-14)16(22)21-9-7-18(8-10-21)15(23-4)6-5-11-24-18/h12,15H,5-11H2,1-4H3,(H,19,20). The molecule has 1 spiro atoms. The normalized spacial score (nSPS) is 24.3. The molecule has 1 N–H and O–H groups in total. The maximum Gasteiger partial charge on any atom is 0.274 e. The zero-order valence-corrected chi connectivity index (χ0v) is 15.2. The van der Waals surface area contributed by atoms with Gasteiger partial charge in [-0.05, 0) is 31.7 Å². The first-order valence-corrected chi connectivity index (χ1v) is 8.88. The van der Waals surface area contributed by atoms with Crippen LogP contribution in [0.5, 0.6) is 0 Å². The average molecular weight is 335 g/mol. The second-order valence-corrected chi connectivity index (χ2v) is 7.99. The van der Waals surface area contributed by atoms with Crippen molar-refractivity contribution in [2.75, 3.05) is 26.8 Å². The summed E-state index contributed by atoms with van der Waals surface area (Å²) in [7, 11) is 1.76. The van der Waals surface area contributed by atoms with Crippen molar-refractivity contribution >= 4 is 5.91 Å². The van der Waals surface area contributed by atoms with Gasteiger partial charge < -0.3 is 14.4 Å². The summed E-state index contributed by atoms with van der Waals surface area (Å²) in [6.07, 6.45) is 3.88. The van der Waals surface area contributed by atoms with E-state index >= 15 is 0 Å². The van der Waals surface area contributed by atoms with Crippen LogP contribution < -0.4 is 0 Å². The van der Waals surface area contributed by atoms with Gasteiger partial charge >= 0.3 is 0 Å². The lowest BCUT2D eigenvalue weighted by atomic mass is 9.81. The number of carbonyl (C=O) groups is 1. The van der Waals surface area contributed by atoms with Crippen LogP contribution in [0.15, 0.2) is 6.07 Å². The molecule has 1 atom stereocenters. The number of amides is 1. The van der Waals surface area contributed by atoms with Gasteiger partial charge in [-0.1, -0.05) is 20.8 Å². The van der Waals surface area contributed by atoms with Gasteiger partial charge in [0.2, 0.25) is 0 Å². The SMILES string of the molecule is COC1CCCOC12CCN(C(=O)c1cc(C(C)(C)C)[nH]n1)CC2. The molecule has 0 aromatic carbocycles. The molecule has 3 rings (SSSR count). The third kappa shape index (κ3) is 3.22. The Hall–Kier alpha value is -1.40. The maximum absolute atomic E-state index is 12.7. The summed E-state index contributed by atoms with van der Waals surface area (Å²) in [4.78, 5) is 14.6. The van der Waals surface area contributed by atoms with Crippen LogP contribution in [-0.2, 0) is 14.9 Å². The highest BCUT2D eigenvalue weighted by molar-refractivity contribution is 5.92. The summed E-state index contributed by atoms with van der Waals surface area (Å²) in [6, 6.07) is 1.88. The van der Waals surface area contributed by atoms with Crippen molar-refractivity contribution in [3.63, 3.8) is 0 Å². The predicted molar refractivity (Wildman–Crippen MR) is 91.1 cm³/mol. The van der Waals surface area contributed by atoms with Crippen LogP contribution in [0.4, 0.5) is 0 Å². The van der Waals surface area contributed by atoms with E-state index < -0.39 is 0 Å². The lowest BCUT2D eigenvalue weighted by molar-refractivity contribution is -0.183. The fourth-order valence-electron chi connectivity index (χ4n) is 3.76. The number of likely N-dealkylation sites (tertiary alicyclic amines) is 1. The van der Waals surface area contributed by atoms with Gasteiger partial charge in [-0.25, -0.2) is 0 Å². The van der Waals surface area contributed by atoms with E-state index in [0.717, 1.165) is 38.0 Å². The Morgan fingerprint density at radius 3 is 2.71 bits per heavy atom. The van der Waals surface area contributed by atoms with E-state index in [1.807, 2.05) is 11.0 Å². The first-order valence-electron chi connectivity index (χ1n) is 8.88. The van der Waals surface area contributed by atoms with Crippen molar-refractivity contribution in [1.82, 2.24) is 15.1 Å². The van der Waals surface area contributed by atoms with Crippen LogP contribution in [0, 0.1) is 0 Å². The molecule has 0 radical (unpaired) electrons. The number of ether oxygens (including phenoxy) is 2. The van der Waals surface area contributed by atoms with Crippen molar-refractivity contribution in [1.29, 1.82) is 0 Å². The second kappa shape index (κ2) is 6.48. The van der Waals surface area contributed by atoms with Crippen molar-refractivity contribution in [2.45, 2.75) is 63.6 Å². The predicted octanol–water partition coefficient (Wildman–Crippen LogP) is 2.51. The third-order valence-corrected chi connectivity index (χ3v) is 5.37. The fraction of sp³-hybridized carbons (Fsp3) is 0.778. The van der Waals surface area contributed by atoms with Gasteiger partial charge in [0.05, 0.1) is 11.7 Å².